The van der Waals surface area contributed by atoms with E-state index in [4.69, 9.17) is 23.7 Å². The number of carbonyl (C=O) groups is 4. The van der Waals surface area contributed by atoms with Crippen LogP contribution in [0.2, 0.25) is 0 Å². The Kier molecular flexibility index (Phi) is 17.7. The van der Waals surface area contributed by atoms with Crippen molar-refractivity contribution >= 4 is 40.0 Å². The number of likely N-dealkylation sites (N-methyl/N-ethyl adjacent to an activating group) is 1. The molecule has 14 atom stereocenters. The first kappa shape index (κ1) is 53.6. The van der Waals surface area contributed by atoms with Gasteiger partial charge < -0.3 is 48.3 Å². The van der Waals surface area contributed by atoms with Gasteiger partial charge in [0.15, 0.2) is 0 Å². The van der Waals surface area contributed by atoms with Crippen molar-refractivity contribution in [1.29, 1.82) is 0 Å². The molecule has 0 radical (unpaired) electrons. The van der Waals surface area contributed by atoms with Gasteiger partial charge in [0.2, 0.25) is 5.79 Å². The minimum atomic E-state index is -2.51. The molecule has 14 nitrogen and oxygen atoms in total. The van der Waals surface area contributed by atoms with Crippen LogP contribution in [0.25, 0.3) is 10.9 Å². The third-order valence-electron chi connectivity index (χ3n) is 16.4. The second kappa shape index (κ2) is 23.1. The number of carbonyl (C=O) groups excluding carboxylic acids is 4. The maximum atomic E-state index is 14.7. The van der Waals surface area contributed by atoms with Crippen molar-refractivity contribution in [2.75, 3.05) is 39.8 Å². The quantitative estimate of drug-likeness (QED) is 0.134. The van der Waals surface area contributed by atoms with Crippen molar-refractivity contribution in [1.82, 2.24) is 9.47 Å². The summed E-state index contributed by atoms with van der Waals surface area (Å²) < 4.78 is 33.2. The van der Waals surface area contributed by atoms with Crippen molar-refractivity contribution < 1.29 is 53.1 Å². The lowest BCUT2D eigenvalue weighted by molar-refractivity contribution is -0.302. The standard InChI is InChI=1S/C56H81N3O11/c1-11-14-40-26-33(2)25-34(3)27-49(67-9)52-50(68-10)29-36(5)56(65,70-52)53(62)54(63)59-23-13-12-15-45(59)55(64)69-51(37(6)46(60)32-47(40)61)35(4)28-38-16-20-44(48(30-38)66-8)57(7)42-19-21-43-39(31-42)22-24-58(43)41-17-18-41/h11,19,21-22,24,26,28,31,34,36-38,40-41,44-46,48-52,60,65H,1,12-18,20,23,25,27,29-30,32H2,2-10H3/b33-26+,35-28?. The average molecular weight is 972 g/mol. The summed E-state index contributed by atoms with van der Waals surface area (Å²) in [5.41, 5.74) is 4.07. The van der Waals surface area contributed by atoms with Crippen LogP contribution in [0.4, 0.5) is 5.69 Å². The van der Waals surface area contributed by atoms with Crippen molar-refractivity contribution in [2.45, 2.75) is 179 Å². The number of anilines is 1. The van der Waals surface area contributed by atoms with Gasteiger partial charge >= 0.3 is 5.97 Å². The molecule has 2 saturated heterocycles. The molecule has 1 aromatic heterocycles. The van der Waals surface area contributed by atoms with Crippen LogP contribution in [-0.4, -0.2) is 133 Å². The van der Waals surface area contributed by atoms with Crippen LogP contribution in [-0.2, 0) is 42.9 Å². The number of benzene rings is 1. The van der Waals surface area contributed by atoms with E-state index in [1.807, 2.05) is 19.9 Å². The minimum Gasteiger partial charge on any atom is -0.456 e. The Morgan fingerprint density at radius 1 is 0.929 bits per heavy atom. The SMILES string of the molecule is C=CCC1/C=C(\C)CC(C)CC(OC)C2OC(O)(C(=O)C(=O)N3CCCCC3C(=O)OC(C(C)=CC3CCC(N(C)c4ccc5c(ccn5C5CC5)c4)C(OC)C3)C(C)C(O)CC1=O)C(C)CC2OC. The molecule has 1 amide bonds. The molecule has 5 aliphatic rings. The Bertz CT molecular complexity index is 2250. The Balaban J connectivity index is 1.17. The molecule has 4 fully saturated rings. The summed E-state index contributed by atoms with van der Waals surface area (Å²) in [7, 11) is 6.96. The van der Waals surface area contributed by atoms with Crippen molar-refractivity contribution in [2.24, 2.45) is 29.6 Å². The molecular weight excluding hydrogens is 891 g/mol. The smallest absolute Gasteiger partial charge is 0.329 e. The maximum absolute atomic E-state index is 14.7. The number of ether oxygens (including phenoxy) is 5. The Morgan fingerprint density at radius 2 is 1.64 bits per heavy atom. The van der Waals surface area contributed by atoms with Crippen LogP contribution in [0.3, 0.4) is 0 Å². The topological polar surface area (TPSA) is 166 Å². The molecule has 2 aromatic rings. The van der Waals surface area contributed by atoms with Crippen molar-refractivity contribution in [3.8, 4) is 0 Å². The van der Waals surface area contributed by atoms with Gasteiger partial charge in [-0.05, 0) is 133 Å². The third-order valence-corrected chi connectivity index (χ3v) is 16.4. The Morgan fingerprint density at radius 3 is 2.33 bits per heavy atom. The fourth-order valence-electron chi connectivity index (χ4n) is 12.1. The predicted octanol–water partition coefficient (Wildman–Crippen LogP) is 8.07. The number of fused-ring (bicyclic) bond motifs is 4. The molecule has 4 heterocycles. The summed E-state index contributed by atoms with van der Waals surface area (Å²) in [6, 6.07) is 8.46. The number of cyclic esters (lactones) is 1. The first-order chi connectivity index (χ1) is 33.4. The van der Waals surface area contributed by atoms with Gasteiger partial charge in [-0.2, -0.15) is 0 Å². The van der Waals surface area contributed by atoms with E-state index < -0.39 is 77.8 Å². The van der Waals surface area contributed by atoms with Crippen LogP contribution in [0.15, 0.2) is 66.4 Å². The first-order valence-electron chi connectivity index (χ1n) is 26.0. The molecule has 3 aliphatic heterocycles. The first-order valence-corrected chi connectivity index (χ1v) is 26.0. The van der Waals surface area contributed by atoms with E-state index in [2.05, 4.69) is 66.6 Å². The molecule has 386 valence electrons. The molecule has 2 saturated carbocycles. The summed E-state index contributed by atoms with van der Waals surface area (Å²) in [4.78, 5) is 61.3. The summed E-state index contributed by atoms with van der Waals surface area (Å²) in [5, 5.41) is 25.4. The largest absolute Gasteiger partial charge is 0.456 e. The number of allylic oxidation sites excluding steroid dienone is 4. The Labute approximate surface area is 415 Å². The summed E-state index contributed by atoms with van der Waals surface area (Å²) in [6.07, 6.45) is 11.3. The van der Waals surface area contributed by atoms with E-state index >= 15 is 0 Å². The molecule has 0 spiro atoms. The van der Waals surface area contributed by atoms with Gasteiger partial charge in [-0.3, -0.25) is 14.4 Å². The lowest BCUT2D eigenvalue weighted by Gasteiger charge is -2.47. The Hall–Kier alpha value is -4.18. The van der Waals surface area contributed by atoms with Crippen LogP contribution < -0.4 is 4.90 Å². The molecule has 1 aromatic carbocycles. The van der Waals surface area contributed by atoms with E-state index in [0.717, 1.165) is 24.1 Å². The average Bonchev–Trinajstić information content (AvgIpc) is 4.11. The molecule has 14 heteroatoms. The number of nitrogens with zero attached hydrogens (tertiary/aromatic N) is 3. The van der Waals surface area contributed by atoms with Gasteiger partial charge in [-0.1, -0.05) is 44.6 Å². The molecule has 2 bridgehead atoms. The van der Waals surface area contributed by atoms with Crippen LogP contribution in [0.5, 0.6) is 0 Å². The number of aliphatic hydroxyl groups is 2. The van der Waals surface area contributed by atoms with Gasteiger partial charge in [0.05, 0.1) is 30.5 Å². The zero-order valence-corrected chi connectivity index (χ0v) is 43.2. The van der Waals surface area contributed by atoms with Gasteiger partial charge in [0, 0.05) is 87.9 Å². The summed E-state index contributed by atoms with van der Waals surface area (Å²) >= 11 is 0. The third kappa shape index (κ3) is 11.7. The molecular formula is C56H81N3O11. The van der Waals surface area contributed by atoms with E-state index in [9.17, 15) is 29.4 Å². The lowest BCUT2D eigenvalue weighted by Crippen LogP contribution is -2.64. The number of methoxy groups -OCH3 is 3. The van der Waals surface area contributed by atoms with E-state index in [1.54, 1.807) is 34.1 Å². The van der Waals surface area contributed by atoms with Gasteiger partial charge in [0.25, 0.3) is 11.7 Å². The fourth-order valence-corrected chi connectivity index (χ4v) is 12.1. The number of aliphatic hydroxyl groups excluding tert-OH is 1. The van der Waals surface area contributed by atoms with Gasteiger partial charge in [-0.25, -0.2) is 4.79 Å². The zero-order valence-electron chi connectivity index (χ0n) is 43.2. The zero-order chi connectivity index (χ0) is 50.6. The van der Waals surface area contributed by atoms with Gasteiger partial charge in [0.1, 0.15) is 24.0 Å². The second-order valence-electron chi connectivity index (χ2n) is 21.6. The van der Waals surface area contributed by atoms with Crippen LogP contribution in [0.1, 0.15) is 124 Å². The number of amides is 1. The number of hydrogen-bond acceptors (Lipinski definition) is 12. The highest BCUT2D eigenvalue weighted by Crippen LogP contribution is 2.41. The van der Waals surface area contributed by atoms with Crippen molar-refractivity contribution in [3.05, 3.63) is 66.4 Å². The summed E-state index contributed by atoms with van der Waals surface area (Å²) in [5.74, 6) is -7.62. The normalized spacial score (nSPS) is 36.7. The highest BCUT2D eigenvalue weighted by Gasteiger charge is 2.56. The molecule has 2 aliphatic carbocycles. The van der Waals surface area contributed by atoms with Crippen molar-refractivity contribution in [3.63, 3.8) is 0 Å². The second-order valence-corrected chi connectivity index (χ2v) is 21.6. The van der Waals surface area contributed by atoms with E-state index in [0.29, 0.717) is 50.1 Å². The molecule has 2 N–H and O–H groups in total. The lowest BCUT2D eigenvalue weighted by atomic mass is 9.80. The molecule has 70 heavy (non-hydrogen) atoms. The van der Waals surface area contributed by atoms with Crippen LogP contribution >= 0.6 is 0 Å². The fraction of sp³-hybridized carbons (Fsp3) is 0.679. The molecule has 7 rings (SSSR count). The summed E-state index contributed by atoms with van der Waals surface area (Å²) in [6.45, 7) is 13.4. The molecule has 14 unspecified atom stereocenters. The highest BCUT2D eigenvalue weighted by atomic mass is 16.7. The monoisotopic (exact) mass is 972 g/mol. The minimum absolute atomic E-state index is 0.00884. The van der Waals surface area contributed by atoms with E-state index in [-0.39, 0.29) is 55.6 Å². The number of aromatic nitrogens is 1. The number of hydrogen-bond donors (Lipinski definition) is 2. The number of esters is 1. The van der Waals surface area contributed by atoms with Crippen LogP contribution in [0, 0.1) is 29.6 Å². The number of rotatable bonds is 10. The predicted molar refractivity (Wildman–Crippen MR) is 269 cm³/mol. The number of ketones is 2. The number of Topliss-reactive ketones (excluding diaryl/α,β-unsaturated/α-hetero) is 2. The highest BCUT2D eigenvalue weighted by molar-refractivity contribution is 6.39. The number of piperidine rings is 1. The van der Waals surface area contributed by atoms with E-state index in [1.165, 1.54) is 35.8 Å². The maximum Gasteiger partial charge on any atom is 0.329 e. The van der Waals surface area contributed by atoms with Gasteiger partial charge in [-0.15, -0.1) is 6.58 Å².